The van der Waals surface area contributed by atoms with Crippen LogP contribution in [-0.4, -0.2) is 24.4 Å². The summed E-state index contributed by atoms with van der Waals surface area (Å²) in [6, 6.07) is 5.84. The van der Waals surface area contributed by atoms with E-state index in [-0.39, 0.29) is 24.4 Å². The van der Waals surface area contributed by atoms with Crippen LogP contribution in [0.15, 0.2) is 18.2 Å². The second-order valence-electron chi connectivity index (χ2n) is 5.88. The maximum absolute atomic E-state index is 12.0. The molecule has 1 aromatic carbocycles. The summed E-state index contributed by atoms with van der Waals surface area (Å²) in [5.41, 5.74) is 2.83. The van der Waals surface area contributed by atoms with Gasteiger partial charge in [0.2, 0.25) is 5.91 Å². The Morgan fingerprint density at radius 2 is 1.81 bits per heavy atom. The van der Waals surface area contributed by atoms with Crippen molar-refractivity contribution in [3.63, 3.8) is 0 Å². The summed E-state index contributed by atoms with van der Waals surface area (Å²) in [6.45, 7) is 4.03. The summed E-state index contributed by atoms with van der Waals surface area (Å²) >= 11 is 0. The van der Waals surface area contributed by atoms with E-state index in [1.54, 1.807) is 6.07 Å². The number of carbonyl (C=O) groups is 2. The number of aryl methyl sites for hydroxylation is 2. The fraction of sp³-hybridized carbons (Fsp3) is 0.529. The zero-order valence-electron chi connectivity index (χ0n) is 12.9. The summed E-state index contributed by atoms with van der Waals surface area (Å²) in [5, 5.41) is 5.68. The first-order valence-corrected chi connectivity index (χ1v) is 7.71. The highest BCUT2D eigenvalue weighted by Crippen LogP contribution is 2.17. The fourth-order valence-electron chi connectivity index (χ4n) is 2.67. The molecule has 0 saturated heterocycles. The zero-order chi connectivity index (χ0) is 15.2. The van der Waals surface area contributed by atoms with Gasteiger partial charge in [-0.05, 0) is 49.9 Å². The highest BCUT2D eigenvalue weighted by Gasteiger charge is 2.16. The molecule has 0 unspecified atom stereocenters. The summed E-state index contributed by atoms with van der Waals surface area (Å²) in [4.78, 5) is 23.9. The molecule has 1 saturated carbocycles. The lowest BCUT2D eigenvalue weighted by Crippen LogP contribution is -2.42. The molecule has 114 valence electrons. The molecule has 1 aliphatic carbocycles. The minimum absolute atomic E-state index is 0.0439. The van der Waals surface area contributed by atoms with Crippen molar-refractivity contribution in [3.05, 3.63) is 34.9 Å². The lowest BCUT2D eigenvalue weighted by Gasteiger charge is -2.22. The molecule has 2 rings (SSSR count). The number of amides is 2. The maximum atomic E-state index is 12.0. The molecule has 1 aromatic rings. The molecular weight excluding hydrogens is 264 g/mol. The van der Waals surface area contributed by atoms with Crippen LogP contribution in [0.4, 0.5) is 0 Å². The Morgan fingerprint density at radius 1 is 1.10 bits per heavy atom. The topological polar surface area (TPSA) is 58.2 Å². The standard InChI is InChI=1S/C17H24N2O2/c1-12-8-9-14(10-13(12)2)17(21)18-11-16(20)19-15-6-4-3-5-7-15/h8-10,15H,3-7,11H2,1-2H3,(H,18,21)(H,19,20). The van der Waals surface area contributed by atoms with Gasteiger partial charge in [-0.15, -0.1) is 0 Å². The number of carbonyl (C=O) groups excluding carboxylic acids is 2. The molecule has 4 heteroatoms. The summed E-state index contributed by atoms with van der Waals surface area (Å²) in [7, 11) is 0. The normalized spacial score (nSPS) is 15.5. The van der Waals surface area contributed by atoms with Crippen LogP contribution in [0.5, 0.6) is 0 Å². The van der Waals surface area contributed by atoms with Gasteiger partial charge in [-0.1, -0.05) is 25.3 Å². The second-order valence-corrected chi connectivity index (χ2v) is 5.88. The van der Waals surface area contributed by atoms with Crippen molar-refractivity contribution in [1.82, 2.24) is 10.6 Å². The zero-order valence-corrected chi connectivity index (χ0v) is 12.9. The third-order valence-electron chi connectivity index (χ3n) is 4.15. The first-order valence-electron chi connectivity index (χ1n) is 7.71. The molecule has 2 N–H and O–H groups in total. The highest BCUT2D eigenvalue weighted by molar-refractivity contribution is 5.96. The van der Waals surface area contributed by atoms with Crippen molar-refractivity contribution in [2.75, 3.05) is 6.54 Å². The monoisotopic (exact) mass is 288 g/mol. The quantitative estimate of drug-likeness (QED) is 0.894. The van der Waals surface area contributed by atoms with E-state index in [1.807, 2.05) is 26.0 Å². The molecule has 0 aliphatic heterocycles. The number of rotatable bonds is 4. The van der Waals surface area contributed by atoms with Crippen LogP contribution in [0.25, 0.3) is 0 Å². The molecule has 0 aromatic heterocycles. The van der Waals surface area contributed by atoms with Crippen molar-refractivity contribution in [1.29, 1.82) is 0 Å². The van der Waals surface area contributed by atoms with Gasteiger partial charge in [-0.2, -0.15) is 0 Å². The fourth-order valence-corrected chi connectivity index (χ4v) is 2.67. The molecule has 4 nitrogen and oxygen atoms in total. The molecule has 0 spiro atoms. The predicted octanol–water partition coefficient (Wildman–Crippen LogP) is 2.48. The average molecular weight is 288 g/mol. The van der Waals surface area contributed by atoms with Crippen LogP contribution in [0.1, 0.15) is 53.6 Å². The number of nitrogens with one attached hydrogen (secondary N) is 2. The lowest BCUT2D eigenvalue weighted by molar-refractivity contribution is -0.121. The summed E-state index contributed by atoms with van der Waals surface area (Å²) < 4.78 is 0. The van der Waals surface area contributed by atoms with Gasteiger partial charge in [0, 0.05) is 11.6 Å². The Morgan fingerprint density at radius 3 is 2.48 bits per heavy atom. The predicted molar refractivity (Wildman–Crippen MR) is 83.3 cm³/mol. The summed E-state index contributed by atoms with van der Waals surface area (Å²) in [6.07, 6.45) is 5.73. The van der Waals surface area contributed by atoms with Crippen LogP contribution in [-0.2, 0) is 4.79 Å². The molecular formula is C17H24N2O2. The highest BCUT2D eigenvalue weighted by atomic mass is 16.2. The Hall–Kier alpha value is -1.84. The van der Waals surface area contributed by atoms with E-state index in [2.05, 4.69) is 10.6 Å². The smallest absolute Gasteiger partial charge is 0.251 e. The number of hydrogen-bond donors (Lipinski definition) is 2. The SMILES string of the molecule is Cc1ccc(C(=O)NCC(=O)NC2CCCCC2)cc1C. The first-order chi connectivity index (χ1) is 10.1. The van der Waals surface area contributed by atoms with Crippen LogP contribution in [0, 0.1) is 13.8 Å². The molecule has 1 fully saturated rings. The Bertz CT molecular complexity index is 520. The number of benzene rings is 1. The van der Waals surface area contributed by atoms with Gasteiger partial charge in [0.25, 0.3) is 5.91 Å². The molecule has 21 heavy (non-hydrogen) atoms. The van der Waals surface area contributed by atoms with E-state index in [0.29, 0.717) is 5.56 Å². The Balaban J connectivity index is 1.80. The van der Waals surface area contributed by atoms with Crippen molar-refractivity contribution >= 4 is 11.8 Å². The van der Waals surface area contributed by atoms with Gasteiger partial charge < -0.3 is 10.6 Å². The van der Waals surface area contributed by atoms with Gasteiger partial charge in [0.1, 0.15) is 0 Å². The van der Waals surface area contributed by atoms with Crippen molar-refractivity contribution in [3.8, 4) is 0 Å². The Kier molecular flexibility index (Phi) is 5.37. The van der Waals surface area contributed by atoms with Crippen molar-refractivity contribution < 1.29 is 9.59 Å². The summed E-state index contributed by atoms with van der Waals surface area (Å²) in [5.74, 6) is -0.295. The van der Waals surface area contributed by atoms with E-state index in [0.717, 1.165) is 24.0 Å². The van der Waals surface area contributed by atoms with E-state index < -0.39 is 0 Å². The molecule has 0 radical (unpaired) electrons. The van der Waals surface area contributed by atoms with E-state index in [9.17, 15) is 9.59 Å². The average Bonchev–Trinajstić information content (AvgIpc) is 2.48. The van der Waals surface area contributed by atoms with Gasteiger partial charge >= 0.3 is 0 Å². The van der Waals surface area contributed by atoms with E-state index in [4.69, 9.17) is 0 Å². The lowest BCUT2D eigenvalue weighted by atomic mass is 9.95. The van der Waals surface area contributed by atoms with E-state index >= 15 is 0 Å². The largest absolute Gasteiger partial charge is 0.352 e. The van der Waals surface area contributed by atoms with Gasteiger partial charge in [-0.25, -0.2) is 0 Å². The van der Waals surface area contributed by atoms with Crippen LogP contribution >= 0.6 is 0 Å². The van der Waals surface area contributed by atoms with E-state index in [1.165, 1.54) is 19.3 Å². The minimum atomic E-state index is -0.197. The third-order valence-corrected chi connectivity index (χ3v) is 4.15. The maximum Gasteiger partial charge on any atom is 0.251 e. The van der Waals surface area contributed by atoms with Gasteiger partial charge in [0.05, 0.1) is 6.54 Å². The molecule has 1 aliphatic rings. The third kappa shape index (κ3) is 4.59. The number of hydrogen-bond acceptors (Lipinski definition) is 2. The molecule has 0 atom stereocenters. The van der Waals surface area contributed by atoms with Gasteiger partial charge in [-0.3, -0.25) is 9.59 Å². The molecule has 0 bridgehead atoms. The van der Waals surface area contributed by atoms with Crippen LogP contribution in [0.3, 0.4) is 0 Å². The van der Waals surface area contributed by atoms with Crippen molar-refractivity contribution in [2.24, 2.45) is 0 Å². The van der Waals surface area contributed by atoms with Gasteiger partial charge in [0.15, 0.2) is 0 Å². The molecule has 2 amide bonds. The van der Waals surface area contributed by atoms with Crippen molar-refractivity contribution in [2.45, 2.75) is 52.0 Å². The molecule has 0 heterocycles. The first kappa shape index (κ1) is 15.5. The van der Waals surface area contributed by atoms with Crippen LogP contribution in [0.2, 0.25) is 0 Å². The Labute approximate surface area is 126 Å². The second kappa shape index (κ2) is 7.25. The van der Waals surface area contributed by atoms with Crippen LogP contribution < -0.4 is 10.6 Å². The minimum Gasteiger partial charge on any atom is -0.352 e.